The Bertz CT molecular complexity index is 763. The van der Waals surface area contributed by atoms with Crippen LogP contribution in [0.2, 0.25) is 5.15 Å². The third-order valence-corrected chi connectivity index (χ3v) is 4.02. The molecule has 0 spiro atoms. The Morgan fingerprint density at radius 3 is 2.59 bits per heavy atom. The third-order valence-electron chi connectivity index (χ3n) is 3.66. The predicted molar refractivity (Wildman–Crippen MR) is 75.0 cm³/mol. The van der Waals surface area contributed by atoms with E-state index in [9.17, 15) is 18.0 Å². The van der Waals surface area contributed by atoms with Crippen LogP contribution in [0.15, 0.2) is 12.3 Å². The molecule has 3 rings (SSSR count). The number of halogens is 4. The topological polar surface area (TPSA) is 37.6 Å². The number of rotatable bonds is 1. The molecule has 4 nitrogen and oxygen atoms in total. The highest BCUT2D eigenvalue weighted by molar-refractivity contribution is 6.33. The number of hydrogen-bond donors (Lipinski definition) is 0. The maximum absolute atomic E-state index is 13.1. The summed E-state index contributed by atoms with van der Waals surface area (Å²) < 4.78 is 40.5. The van der Waals surface area contributed by atoms with E-state index in [2.05, 4.69) is 4.98 Å². The van der Waals surface area contributed by atoms with E-state index in [4.69, 9.17) is 11.6 Å². The summed E-state index contributed by atoms with van der Waals surface area (Å²) >= 11 is 6.09. The molecule has 0 saturated carbocycles. The normalized spacial score (nSPS) is 16.2. The first kappa shape index (κ1) is 15.1. The van der Waals surface area contributed by atoms with Crippen LogP contribution in [0.1, 0.15) is 28.5 Å². The molecule has 0 aliphatic carbocycles. The van der Waals surface area contributed by atoms with E-state index in [1.807, 2.05) is 6.92 Å². The zero-order chi connectivity index (χ0) is 16.2. The van der Waals surface area contributed by atoms with Gasteiger partial charge in [-0.25, -0.2) is 4.98 Å². The van der Waals surface area contributed by atoms with Crippen LogP contribution in [-0.4, -0.2) is 33.3 Å². The minimum atomic E-state index is -4.56. The standard InChI is InChI=1S/C14H13ClF3N3O/c1-7-3-9(14(16,17)18)12-19-10(11(15)21(12)6-7)13(22)20-4-8(2)5-20/h3,6,8H,4-5H2,1-2H3. The summed E-state index contributed by atoms with van der Waals surface area (Å²) in [5.74, 6) is -0.0506. The highest BCUT2D eigenvalue weighted by Gasteiger charge is 2.37. The van der Waals surface area contributed by atoms with Gasteiger partial charge in [-0.2, -0.15) is 13.2 Å². The van der Waals surface area contributed by atoms with Crippen molar-refractivity contribution in [1.29, 1.82) is 0 Å². The van der Waals surface area contributed by atoms with E-state index in [0.717, 1.165) is 10.5 Å². The smallest absolute Gasteiger partial charge is 0.337 e. The number of amides is 1. The Kier molecular flexibility index (Phi) is 3.36. The van der Waals surface area contributed by atoms with Gasteiger partial charge >= 0.3 is 6.18 Å². The van der Waals surface area contributed by atoms with Crippen LogP contribution in [0.4, 0.5) is 13.2 Å². The van der Waals surface area contributed by atoms with Gasteiger partial charge in [0.15, 0.2) is 11.3 Å². The molecule has 1 aliphatic rings. The van der Waals surface area contributed by atoms with Crippen molar-refractivity contribution in [3.05, 3.63) is 34.2 Å². The minimum absolute atomic E-state index is 0.0891. The van der Waals surface area contributed by atoms with Gasteiger partial charge in [-0.15, -0.1) is 0 Å². The van der Waals surface area contributed by atoms with Crippen molar-refractivity contribution in [2.45, 2.75) is 20.0 Å². The fourth-order valence-electron chi connectivity index (χ4n) is 2.61. The molecule has 3 heterocycles. The number of aromatic nitrogens is 2. The highest BCUT2D eigenvalue weighted by atomic mass is 35.5. The fraction of sp³-hybridized carbons (Fsp3) is 0.429. The van der Waals surface area contributed by atoms with E-state index < -0.39 is 17.6 Å². The quantitative estimate of drug-likeness (QED) is 0.803. The molecule has 0 radical (unpaired) electrons. The number of alkyl halides is 3. The molecule has 22 heavy (non-hydrogen) atoms. The zero-order valence-corrected chi connectivity index (χ0v) is 12.7. The maximum atomic E-state index is 13.1. The van der Waals surface area contributed by atoms with Gasteiger partial charge in [0.25, 0.3) is 5.91 Å². The van der Waals surface area contributed by atoms with E-state index in [0.29, 0.717) is 24.6 Å². The average Bonchev–Trinajstić information content (AvgIpc) is 2.70. The number of likely N-dealkylation sites (tertiary alicyclic amines) is 1. The summed E-state index contributed by atoms with van der Waals surface area (Å²) in [6, 6.07) is 0.999. The summed E-state index contributed by atoms with van der Waals surface area (Å²) in [6.07, 6.45) is -3.12. The lowest BCUT2D eigenvalue weighted by Crippen LogP contribution is -2.48. The molecule has 2 aromatic heterocycles. The first-order valence-corrected chi connectivity index (χ1v) is 7.11. The molecule has 1 amide bonds. The molecule has 118 valence electrons. The van der Waals surface area contributed by atoms with E-state index in [-0.39, 0.29) is 16.5 Å². The Morgan fingerprint density at radius 1 is 1.41 bits per heavy atom. The van der Waals surface area contributed by atoms with Crippen molar-refractivity contribution in [3.8, 4) is 0 Å². The third kappa shape index (κ3) is 2.33. The molecule has 1 saturated heterocycles. The second kappa shape index (κ2) is 4.87. The Balaban J connectivity index is 2.14. The van der Waals surface area contributed by atoms with Gasteiger partial charge in [0.1, 0.15) is 5.15 Å². The molecule has 2 aromatic rings. The van der Waals surface area contributed by atoms with Crippen molar-refractivity contribution in [1.82, 2.24) is 14.3 Å². The van der Waals surface area contributed by atoms with E-state index in [1.54, 1.807) is 0 Å². The van der Waals surface area contributed by atoms with Crippen LogP contribution in [0.25, 0.3) is 5.65 Å². The molecule has 8 heteroatoms. The van der Waals surface area contributed by atoms with Crippen molar-refractivity contribution < 1.29 is 18.0 Å². The molecule has 0 unspecified atom stereocenters. The Morgan fingerprint density at radius 2 is 2.05 bits per heavy atom. The van der Waals surface area contributed by atoms with Crippen LogP contribution in [0, 0.1) is 12.8 Å². The second-order valence-electron chi connectivity index (χ2n) is 5.69. The highest BCUT2D eigenvalue weighted by Crippen LogP contribution is 2.35. The predicted octanol–water partition coefficient (Wildman–Crippen LogP) is 3.41. The number of aryl methyl sites for hydroxylation is 1. The molecular formula is C14H13ClF3N3O. The number of nitrogens with zero attached hydrogens (tertiary/aromatic N) is 3. The van der Waals surface area contributed by atoms with Crippen LogP contribution in [0.5, 0.6) is 0 Å². The van der Waals surface area contributed by atoms with E-state index in [1.165, 1.54) is 18.0 Å². The fourth-order valence-corrected chi connectivity index (χ4v) is 2.87. The van der Waals surface area contributed by atoms with Crippen molar-refractivity contribution in [2.75, 3.05) is 13.1 Å². The van der Waals surface area contributed by atoms with Crippen LogP contribution < -0.4 is 0 Å². The Labute approximate surface area is 129 Å². The van der Waals surface area contributed by atoms with Gasteiger partial charge in [-0.3, -0.25) is 9.20 Å². The minimum Gasteiger partial charge on any atom is -0.337 e. The first-order valence-electron chi connectivity index (χ1n) is 6.73. The number of carbonyl (C=O) groups excluding carboxylic acids is 1. The first-order chi connectivity index (χ1) is 10.2. The van der Waals surface area contributed by atoms with Gasteiger partial charge in [0.05, 0.1) is 5.56 Å². The molecule has 1 aliphatic heterocycles. The lowest BCUT2D eigenvalue weighted by molar-refractivity contribution is -0.136. The van der Waals surface area contributed by atoms with Gasteiger partial charge in [0, 0.05) is 19.3 Å². The monoisotopic (exact) mass is 331 g/mol. The molecule has 1 fully saturated rings. The van der Waals surface area contributed by atoms with Gasteiger partial charge in [-0.1, -0.05) is 18.5 Å². The van der Waals surface area contributed by atoms with Crippen molar-refractivity contribution in [2.24, 2.45) is 5.92 Å². The average molecular weight is 332 g/mol. The van der Waals surface area contributed by atoms with Crippen LogP contribution in [0.3, 0.4) is 0 Å². The molecule has 0 N–H and O–H groups in total. The molecule has 0 bridgehead atoms. The number of hydrogen-bond acceptors (Lipinski definition) is 2. The van der Waals surface area contributed by atoms with Gasteiger partial charge in [-0.05, 0) is 24.5 Å². The van der Waals surface area contributed by atoms with Crippen LogP contribution in [-0.2, 0) is 6.18 Å². The van der Waals surface area contributed by atoms with Gasteiger partial charge < -0.3 is 4.90 Å². The SMILES string of the molecule is Cc1cc(C(F)(F)F)c2nc(C(=O)N3CC(C)C3)c(Cl)n2c1. The number of carbonyl (C=O) groups is 1. The summed E-state index contributed by atoms with van der Waals surface area (Å²) in [7, 11) is 0. The number of pyridine rings is 1. The summed E-state index contributed by atoms with van der Waals surface area (Å²) in [6.45, 7) is 4.65. The van der Waals surface area contributed by atoms with Gasteiger partial charge in [0.2, 0.25) is 0 Å². The van der Waals surface area contributed by atoms with Crippen molar-refractivity contribution >= 4 is 23.2 Å². The lowest BCUT2D eigenvalue weighted by atomic mass is 10.0. The maximum Gasteiger partial charge on any atom is 0.419 e. The number of fused-ring (bicyclic) bond motifs is 1. The van der Waals surface area contributed by atoms with Crippen molar-refractivity contribution in [3.63, 3.8) is 0 Å². The van der Waals surface area contributed by atoms with Crippen LogP contribution >= 0.6 is 11.6 Å². The molecular weight excluding hydrogens is 319 g/mol. The van der Waals surface area contributed by atoms with E-state index >= 15 is 0 Å². The second-order valence-corrected chi connectivity index (χ2v) is 6.05. The Hall–Kier alpha value is -1.76. The summed E-state index contributed by atoms with van der Waals surface area (Å²) in [5.41, 5.74) is -0.995. The largest absolute Gasteiger partial charge is 0.419 e. The zero-order valence-electron chi connectivity index (χ0n) is 11.9. The summed E-state index contributed by atoms with van der Waals surface area (Å²) in [5, 5.41) is -0.0891. The molecule has 0 atom stereocenters. The lowest BCUT2D eigenvalue weighted by Gasteiger charge is -2.36. The number of imidazole rings is 1. The molecule has 0 aromatic carbocycles. The summed E-state index contributed by atoms with van der Waals surface area (Å²) in [4.78, 5) is 17.7.